The maximum Gasteiger partial charge on any atom is 0.471 e. The van der Waals surface area contributed by atoms with Gasteiger partial charge in [0.1, 0.15) is 0 Å². The van der Waals surface area contributed by atoms with Gasteiger partial charge in [-0.2, -0.15) is 13.2 Å². The maximum absolute atomic E-state index is 12.1. The van der Waals surface area contributed by atoms with Crippen molar-refractivity contribution in [3.05, 3.63) is 0 Å². The molecule has 0 aromatic rings. The van der Waals surface area contributed by atoms with Crippen LogP contribution in [-0.2, 0) is 14.6 Å². The Kier molecular flexibility index (Phi) is 4.06. The largest absolute Gasteiger partial charge is 0.471 e. The van der Waals surface area contributed by atoms with Gasteiger partial charge in [-0.15, -0.1) is 0 Å². The molecule has 0 aliphatic carbocycles. The van der Waals surface area contributed by atoms with Gasteiger partial charge in [0.2, 0.25) is 0 Å². The molecule has 1 saturated heterocycles. The second-order valence-electron chi connectivity index (χ2n) is 3.94. The molecular weight excluding hydrogens is 259 g/mol. The molecule has 100 valence electrons. The van der Waals surface area contributed by atoms with Crippen molar-refractivity contribution in [2.75, 3.05) is 18.8 Å². The molecule has 1 rings (SSSR count). The van der Waals surface area contributed by atoms with E-state index in [9.17, 15) is 26.4 Å². The number of nitrogens with zero attached hydrogens (tertiary/aromatic N) is 1. The van der Waals surface area contributed by atoms with E-state index in [2.05, 4.69) is 0 Å². The number of halogens is 3. The lowest BCUT2D eigenvalue weighted by Crippen LogP contribution is -2.47. The van der Waals surface area contributed by atoms with Crippen molar-refractivity contribution in [2.45, 2.75) is 31.2 Å². The average molecular weight is 273 g/mol. The van der Waals surface area contributed by atoms with Crippen LogP contribution in [0.25, 0.3) is 0 Å². The Bertz CT molecular complexity index is 383. The first kappa shape index (κ1) is 14.3. The summed E-state index contributed by atoms with van der Waals surface area (Å²) < 4.78 is 59.4. The number of likely N-dealkylation sites (tertiary alicyclic amines) is 1. The Hall–Kier alpha value is -0.790. The molecule has 1 heterocycles. The molecule has 0 bridgehead atoms. The highest BCUT2D eigenvalue weighted by Gasteiger charge is 2.44. The van der Waals surface area contributed by atoms with Crippen LogP contribution >= 0.6 is 0 Å². The third kappa shape index (κ3) is 3.34. The first-order valence-electron chi connectivity index (χ1n) is 5.26. The number of carbonyl (C=O) groups excluding carboxylic acids is 1. The number of piperidine rings is 1. The van der Waals surface area contributed by atoms with Crippen LogP contribution in [0, 0.1) is 0 Å². The van der Waals surface area contributed by atoms with Gasteiger partial charge in [0, 0.05) is 18.8 Å². The van der Waals surface area contributed by atoms with Crippen LogP contribution in [-0.4, -0.2) is 49.5 Å². The molecule has 0 spiro atoms. The van der Waals surface area contributed by atoms with Crippen molar-refractivity contribution >= 4 is 15.7 Å². The molecule has 0 aromatic carbocycles. The molecule has 0 atom stereocenters. The lowest BCUT2D eigenvalue weighted by atomic mass is 10.1. The predicted molar refractivity (Wildman–Crippen MR) is 55.1 cm³/mol. The van der Waals surface area contributed by atoms with Crippen molar-refractivity contribution in [2.24, 2.45) is 0 Å². The Labute approximate surface area is 97.7 Å². The van der Waals surface area contributed by atoms with E-state index in [1.54, 1.807) is 0 Å². The quantitative estimate of drug-likeness (QED) is 0.753. The van der Waals surface area contributed by atoms with Crippen molar-refractivity contribution in [1.29, 1.82) is 0 Å². The third-order valence-corrected chi connectivity index (χ3v) is 5.17. The topological polar surface area (TPSA) is 54.5 Å². The Balaban J connectivity index is 2.61. The van der Waals surface area contributed by atoms with Gasteiger partial charge < -0.3 is 4.90 Å². The van der Waals surface area contributed by atoms with E-state index in [1.807, 2.05) is 0 Å². The molecule has 4 nitrogen and oxygen atoms in total. The van der Waals surface area contributed by atoms with E-state index in [0.29, 0.717) is 4.90 Å². The minimum Gasteiger partial charge on any atom is -0.335 e. The monoisotopic (exact) mass is 273 g/mol. The molecule has 17 heavy (non-hydrogen) atoms. The van der Waals surface area contributed by atoms with Gasteiger partial charge in [-0.3, -0.25) is 4.79 Å². The molecule has 1 amide bonds. The number of hydrogen-bond donors (Lipinski definition) is 0. The summed E-state index contributed by atoms with van der Waals surface area (Å²) in [7, 11) is -3.23. The van der Waals surface area contributed by atoms with E-state index in [0.717, 1.165) is 0 Å². The number of sulfone groups is 1. The number of carbonyl (C=O) groups is 1. The third-order valence-electron chi connectivity index (χ3n) is 2.88. The summed E-state index contributed by atoms with van der Waals surface area (Å²) in [6, 6.07) is 0. The SMILES string of the molecule is CCS(=O)(=O)C1CCN(C(=O)C(F)(F)F)CC1. The highest BCUT2D eigenvalue weighted by Crippen LogP contribution is 2.24. The number of hydrogen-bond acceptors (Lipinski definition) is 3. The summed E-state index contributed by atoms with van der Waals surface area (Å²) >= 11 is 0. The van der Waals surface area contributed by atoms with Gasteiger partial charge >= 0.3 is 12.1 Å². The molecule has 0 N–H and O–H groups in total. The fraction of sp³-hybridized carbons (Fsp3) is 0.889. The minimum atomic E-state index is -4.88. The molecule has 0 aromatic heterocycles. The standard InChI is InChI=1S/C9H14F3NO3S/c1-2-17(15,16)7-3-5-13(6-4-7)8(14)9(10,11)12/h7H,2-6H2,1H3. The summed E-state index contributed by atoms with van der Waals surface area (Å²) in [5, 5.41) is -0.621. The van der Waals surface area contributed by atoms with Crippen molar-refractivity contribution in [1.82, 2.24) is 4.90 Å². The zero-order valence-corrected chi connectivity index (χ0v) is 10.1. The first-order valence-corrected chi connectivity index (χ1v) is 6.97. The lowest BCUT2D eigenvalue weighted by molar-refractivity contribution is -0.186. The van der Waals surface area contributed by atoms with Gasteiger partial charge in [0.15, 0.2) is 9.84 Å². The van der Waals surface area contributed by atoms with Gasteiger partial charge in [-0.05, 0) is 12.8 Å². The van der Waals surface area contributed by atoms with E-state index >= 15 is 0 Å². The molecule has 1 fully saturated rings. The zero-order valence-electron chi connectivity index (χ0n) is 9.33. The van der Waals surface area contributed by atoms with Gasteiger partial charge in [0.05, 0.1) is 5.25 Å². The Morgan fingerprint density at radius 2 is 1.76 bits per heavy atom. The maximum atomic E-state index is 12.1. The van der Waals surface area contributed by atoms with Crippen LogP contribution in [0.3, 0.4) is 0 Å². The van der Waals surface area contributed by atoms with Crippen molar-refractivity contribution in [3.63, 3.8) is 0 Å². The van der Waals surface area contributed by atoms with Crippen molar-refractivity contribution < 1.29 is 26.4 Å². The molecule has 1 aliphatic heterocycles. The lowest BCUT2D eigenvalue weighted by Gasteiger charge is -2.31. The van der Waals surface area contributed by atoms with Crippen LogP contribution in [0.2, 0.25) is 0 Å². The van der Waals surface area contributed by atoms with Crippen LogP contribution in [0.4, 0.5) is 13.2 Å². The second-order valence-corrected chi connectivity index (χ2v) is 6.51. The van der Waals surface area contributed by atoms with E-state index in [4.69, 9.17) is 0 Å². The summed E-state index contributed by atoms with van der Waals surface area (Å²) in [4.78, 5) is 11.6. The van der Waals surface area contributed by atoms with Crippen LogP contribution in [0.15, 0.2) is 0 Å². The van der Waals surface area contributed by atoms with Crippen LogP contribution < -0.4 is 0 Å². The number of alkyl halides is 3. The summed E-state index contributed by atoms with van der Waals surface area (Å²) in [5.74, 6) is -1.91. The molecule has 0 unspecified atom stereocenters. The van der Waals surface area contributed by atoms with Crippen molar-refractivity contribution in [3.8, 4) is 0 Å². The van der Waals surface area contributed by atoms with Crippen LogP contribution in [0.5, 0.6) is 0 Å². The second kappa shape index (κ2) is 4.83. The normalized spacial score (nSPS) is 19.4. The molecule has 0 saturated carbocycles. The number of amides is 1. The molecule has 0 radical (unpaired) electrons. The Morgan fingerprint density at radius 3 is 2.12 bits per heavy atom. The summed E-state index contributed by atoms with van der Waals surface area (Å²) in [6.07, 6.45) is -4.72. The van der Waals surface area contributed by atoms with Gasteiger partial charge in [0.25, 0.3) is 0 Å². The number of rotatable bonds is 2. The smallest absolute Gasteiger partial charge is 0.335 e. The summed E-state index contributed by atoms with van der Waals surface area (Å²) in [6.45, 7) is 1.20. The molecular formula is C9H14F3NO3S. The Morgan fingerprint density at radius 1 is 1.29 bits per heavy atom. The summed E-state index contributed by atoms with van der Waals surface area (Å²) in [5.41, 5.74) is 0. The highest BCUT2D eigenvalue weighted by atomic mass is 32.2. The van der Waals surface area contributed by atoms with E-state index in [1.165, 1.54) is 6.92 Å². The average Bonchev–Trinajstić information content (AvgIpc) is 2.27. The van der Waals surface area contributed by atoms with E-state index in [-0.39, 0.29) is 31.7 Å². The molecule has 8 heteroatoms. The van der Waals surface area contributed by atoms with Gasteiger partial charge in [-0.1, -0.05) is 6.92 Å². The predicted octanol–water partition coefficient (Wildman–Crippen LogP) is 0.974. The zero-order chi connectivity index (χ0) is 13.3. The molecule has 1 aliphatic rings. The fourth-order valence-corrected chi connectivity index (χ4v) is 3.23. The minimum absolute atomic E-state index is 0.0229. The fourth-order valence-electron chi connectivity index (χ4n) is 1.83. The highest BCUT2D eigenvalue weighted by molar-refractivity contribution is 7.92. The first-order chi connectivity index (χ1) is 7.68. The van der Waals surface area contributed by atoms with Crippen LogP contribution in [0.1, 0.15) is 19.8 Å². The van der Waals surface area contributed by atoms with E-state index < -0.39 is 27.2 Å². The van der Waals surface area contributed by atoms with Gasteiger partial charge in [-0.25, -0.2) is 8.42 Å².